The van der Waals surface area contributed by atoms with Crippen molar-refractivity contribution in [2.24, 2.45) is 0 Å². The van der Waals surface area contributed by atoms with E-state index in [1.165, 1.54) is 22.8 Å². The van der Waals surface area contributed by atoms with E-state index in [-0.39, 0.29) is 0 Å². The highest BCUT2D eigenvalue weighted by molar-refractivity contribution is 8.07. The normalized spacial score (nSPS) is 26.0. The lowest BCUT2D eigenvalue weighted by atomic mass is 10.2. The average molecular weight is 174 g/mol. The average Bonchev–Trinajstić information content (AvgIpc) is 1.96. The molecule has 0 bridgehead atoms. The van der Waals surface area contributed by atoms with E-state index in [2.05, 4.69) is 20.4 Å². The van der Waals surface area contributed by atoms with Crippen LogP contribution in [0.25, 0.3) is 0 Å². The molecule has 0 nitrogen and oxygen atoms in total. The molecule has 0 saturated carbocycles. The van der Waals surface area contributed by atoms with Gasteiger partial charge < -0.3 is 0 Å². The monoisotopic (exact) mass is 174 g/mol. The SMILES string of the molecule is C=C1SCCCSC1(C)C. The summed E-state index contributed by atoms with van der Waals surface area (Å²) in [6.45, 7) is 8.59. The molecule has 1 heterocycles. The van der Waals surface area contributed by atoms with Crippen LogP contribution in [0.5, 0.6) is 0 Å². The zero-order valence-electron chi connectivity index (χ0n) is 6.64. The molecule has 0 N–H and O–H groups in total. The minimum atomic E-state index is 0.307. The van der Waals surface area contributed by atoms with Gasteiger partial charge in [0.1, 0.15) is 0 Å². The second kappa shape index (κ2) is 3.22. The summed E-state index contributed by atoms with van der Waals surface area (Å²) >= 11 is 3.96. The summed E-state index contributed by atoms with van der Waals surface area (Å²) in [4.78, 5) is 1.34. The first-order valence-corrected chi connectivity index (χ1v) is 5.56. The van der Waals surface area contributed by atoms with Gasteiger partial charge in [0, 0.05) is 4.75 Å². The van der Waals surface area contributed by atoms with Crippen molar-refractivity contribution in [1.82, 2.24) is 0 Å². The first-order valence-electron chi connectivity index (χ1n) is 3.59. The summed E-state index contributed by atoms with van der Waals surface area (Å²) in [5.41, 5.74) is 0. The highest BCUT2D eigenvalue weighted by Gasteiger charge is 2.24. The molecule has 0 amide bonds. The molecule has 0 aliphatic carbocycles. The Bertz CT molecular complexity index is 138. The topological polar surface area (TPSA) is 0 Å². The maximum absolute atomic E-state index is 4.07. The summed E-state index contributed by atoms with van der Waals surface area (Å²) in [6, 6.07) is 0. The third-order valence-corrected chi connectivity index (χ3v) is 4.64. The molecule has 1 fully saturated rings. The van der Waals surface area contributed by atoms with Crippen LogP contribution >= 0.6 is 23.5 Å². The van der Waals surface area contributed by atoms with Gasteiger partial charge in [-0.2, -0.15) is 11.8 Å². The molecule has 0 spiro atoms. The molecule has 1 saturated heterocycles. The fraction of sp³-hybridized carbons (Fsp3) is 0.750. The van der Waals surface area contributed by atoms with Gasteiger partial charge in [-0.05, 0) is 36.7 Å². The Morgan fingerprint density at radius 1 is 1.40 bits per heavy atom. The van der Waals surface area contributed by atoms with E-state index in [0.717, 1.165) is 0 Å². The second-order valence-corrected chi connectivity index (χ2v) is 5.89. The van der Waals surface area contributed by atoms with Crippen LogP contribution in [0.4, 0.5) is 0 Å². The van der Waals surface area contributed by atoms with Gasteiger partial charge in [0.25, 0.3) is 0 Å². The van der Waals surface area contributed by atoms with Crippen molar-refractivity contribution in [2.75, 3.05) is 11.5 Å². The van der Waals surface area contributed by atoms with E-state index < -0.39 is 0 Å². The van der Waals surface area contributed by atoms with Crippen LogP contribution in [0.15, 0.2) is 11.5 Å². The quantitative estimate of drug-likeness (QED) is 0.553. The zero-order chi connectivity index (χ0) is 7.61. The molecule has 0 aromatic carbocycles. The fourth-order valence-electron chi connectivity index (χ4n) is 0.836. The second-order valence-electron chi connectivity index (χ2n) is 2.98. The highest BCUT2D eigenvalue weighted by atomic mass is 32.2. The number of rotatable bonds is 0. The van der Waals surface area contributed by atoms with E-state index in [0.29, 0.717) is 4.75 Å². The van der Waals surface area contributed by atoms with E-state index in [9.17, 15) is 0 Å². The Hall–Kier alpha value is 0.440. The summed E-state index contributed by atoms with van der Waals surface area (Å²) < 4.78 is 0.307. The van der Waals surface area contributed by atoms with Crippen LogP contribution in [0.1, 0.15) is 20.3 Å². The van der Waals surface area contributed by atoms with Gasteiger partial charge in [0.05, 0.1) is 0 Å². The van der Waals surface area contributed by atoms with Crippen molar-refractivity contribution in [3.8, 4) is 0 Å². The summed E-state index contributed by atoms with van der Waals surface area (Å²) in [6.07, 6.45) is 1.33. The molecule has 1 rings (SSSR count). The third kappa shape index (κ3) is 1.96. The number of hydrogen-bond donors (Lipinski definition) is 0. The molecular formula is C8H14S2. The van der Waals surface area contributed by atoms with E-state index in [4.69, 9.17) is 0 Å². The van der Waals surface area contributed by atoms with Crippen molar-refractivity contribution in [2.45, 2.75) is 25.0 Å². The largest absolute Gasteiger partial charge is 0.150 e. The Kier molecular flexibility index (Phi) is 2.75. The fourth-order valence-corrected chi connectivity index (χ4v) is 3.21. The summed E-state index contributed by atoms with van der Waals surface area (Å²) in [5.74, 6) is 2.55. The number of thioether (sulfide) groups is 2. The molecule has 1 aliphatic rings. The van der Waals surface area contributed by atoms with E-state index in [1.54, 1.807) is 0 Å². The van der Waals surface area contributed by atoms with Crippen molar-refractivity contribution < 1.29 is 0 Å². The first-order chi connectivity index (χ1) is 4.63. The lowest BCUT2D eigenvalue weighted by Crippen LogP contribution is -2.14. The highest BCUT2D eigenvalue weighted by Crippen LogP contribution is 2.40. The summed E-state index contributed by atoms with van der Waals surface area (Å²) in [5, 5.41) is 0. The van der Waals surface area contributed by atoms with Gasteiger partial charge in [-0.15, -0.1) is 11.8 Å². The van der Waals surface area contributed by atoms with Crippen LogP contribution in [0, 0.1) is 0 Å². The van der Waals surface area contributed by atoms with E-state index >= 15 is 0 Å². The Balaban J connectivity index is 2.61. The lowest BCUT2D eigenvalue weighted by molar-refractivity contribution is 0.888. The minimum Gasteiger partial charge on any atom is -0.150 e. The molecule has 0 unspecified atom stereocenters. The van der Waals surface area contributed by atoms with Gasteiger partial charge in [0.15, 0.2) is 0 Å². The number of hydrogen-bond acceptors (Lipinski definition) is 2. The Morgan fingerprint density at radius 3 is 2.80 bits per heavy atom. The Labute approximate surface area is 71.8 Å². The third-order valence-electron chi connectivity index (χ3n) is 1.70. The standard InChI is InChI=1S/C8H14S2/c1-7-8(2,3)10-6-4-5-9-7/h1,4-6H2,2-3H3. The van der Waals surface area contributed by atoms with Crippen molar-refractivity contribution in [3.05, 3.63) is 11.5 Å². The van der Waals surface area contributed by atoms with Crippen LogP contribution in [0.3, 0.4) is 0 Å². The molecule has 10 heavy (non-hydrogen) atoms. The summed E-state index contributed by atoms with van der Waals surface area (Å²) in [7, 11) is 0. The van der Waals surface area contributed by atoms with Crippen molar-refractivity contribution >= 4 is 23.5 Å². The van der Waals surface area contributed by atoms with Gasteiger partial charge in [0.2, 0.25) is 0 Å². The van der Waals surface area contributed by atoms with Crippen LogP contribution in [0.2, 0.25) is 0 Å². The molecule has 0 atom stereocenters. The predicted molar refractivity (Wildman–Crippen MR) is 52.8 cm³/mol. The van der Waals surface area contributed by atoms with E-state index in [1.807, 2.05) is 23.5 Å². The van der Waals surface area contributed by atoms with Crippen LogP contribution < -0.4 is 0 Å². The zero-order valence-corrected chi connectivity index (χ0v) is 8.28. The van der Waals surface area contributed by atoms with Gasteiger partial charge in [-0.1, -0.05) is 6.58 Å². The molecule has 0 aromatic rings. The maximum Gasteiger partial charge on any atom is 0.0405 e. The van der Waals surface area contributed by atoms with Gasteiger partial charge in [-0.3, -0.25) is 0 Å². The molecular weight excluding hydrogens is 160 g/mol. The molecule has 0 radical (unpaired) electrons. The lowest BCUT2D eigenvalue weighted by Gasteiger charge is -2.22. The van der Waals surface area contributed by atoms with Gasteiger partial charge >= 0.3 is 0 Å². The predicted octanol–water partition coefficient (Wildman–Crippen LogP) is 3.15. The van der Waals surface area contributed by atoms with Crippen molar-refractivity contribution in [1.29, 1.82) is 0 Å². The first kappa shape index (κ1) is 8.54. The molecule has 58 valence electrons. The molecule has 0 aromatic heterocycles. The minimum absolute atomic E-state index is 0.307. The van der Waals surface area contributed by atoms with Gasteiger partial charge in [-0.25, -0.2) is 0 Å². The molecule has 2 heteroatoms. The van der Waals surface area contributed by atoms with Crippen LogP contribution in [-0.2, 0) is 0 Å². The molecule has 1 aliphatic heterocycles. The maximum atomic E-state index is 4.07. The van der Waals surface area contributed by atoms with Crippen LogP contribution in [-0.4, -0.2) is 16.3 Å². The smallest absolute Gasteiger partial charge is 0.0405 e. The van der Waals surface area contributed by atoms with Crippen molar-refractivity contribution in [3.63, 3.8) is 0 Å². The Morgan fingerprint density at radius 2 is 2.10 bits per heavy atom.